The fraction of sp³-hybridized carbons (Fsp3) is 0.571. The summed E-state index contributed by atoms with van der Waals surface area (Å²) in [5, 5.41) is 0. The van der Waals surface area contributed by atoms with Crippen molar-refractivity contribution in [1.29, 1.82) is 0 Å². The minimum Gasteiger partial charge on any atom is -0.476 e. The zero-order valence-electron chi connectivity index (χ0n) is 17.9. The van der Waals surface area contributed by atoms with Crippen LogP contribution in [0.25, 0.3) is 0 Å². The highest BCUT2D eigenvalue weighted by molar-refractivity contribution is 5.91. The number of esters is 2. The molecule has 7 nitrogen and oxygen atoms in total. The largest absolute Gasteiger partial charge is 0.476 e. The van der Waals surface area contributed by atoms with Gasteiger partial charge < -0.3 is 19.1 Å². The Hall–Kier alpha value is -2.57. The molecule has 1 aliphatic rings. The first-order valence-corrected chi connectivity index (χ1v) is 9.18. The number of rotatable bonds is 7. The summed E-state index contributed by atoms with van der Waals surface area (Å²) in [6.07, 6.45) is 3.59. The lowest BCUT2D eigenvalue weighted by atomic mass is 10.0. The zero-order valence-corrected chi connectivity index (χ0v) is 17.9. The third-order valence-corrected chi connectivity index (χ3v) is 3.90. The molecule has 0 bridgehead atoms. The van der Waals surface area contributed by atoms with Crippen LogP contribution >= 0.6 is 0 Å². The Balaban J connectivity index is 3.11. The first-order chi connectivity index (χ1) is 12.8. The third-order valence-electron chi connectivity index (χ3n) is 3.90. The second-order valence-electron chi connectivity index (χ2n) is 8.03. The highest BCUT2D eigenvalue weighted by Gasteiger charge is 2.41. The highest BCUT2D eigenvalue weighted by atomic mass is 16.6. The van der Waals surface area contributed by atoms with Gasteiger partial charge in [0.05, 0.1) is 12.8 Å². The van der Waals surface area contributed by atoms with Crippen LogP contribution in [0, 0.1) is 0 Å². The number of methoxy groups -OCH3 is 1. The highest BCUT2D eigenvalue weighted by Crippen LogP contribution is 2.31. The molecule has 0 radical (unpaired) electrons. The summed E-state index contributed by atoms with van der Waals surface area (Å²) < 4.78 is 15.8. The van der Waals surface area contributed by atoms with Crippen LogP contribution < -0.4 is 0 Å². The van der Waals surface area contributed by atoms with E-state index in [2.05, 4.69) is 6.58 Å². The molecule has 156 valence electrons. The molecule has 1 heterocycles. The molecule has 7 heteroatoms. The second kappa shape index (κ2) is 9.08. The maximum atomic E-state index is 12.9. The molecule has 0 N–H and O–H groups in total. The Labute approximate surface area is 167 Å². The van der Waals surface area contributed by atoms with Crippen LogP contribution in [-0.2, 0) is 28.6 Å². The molecule has 28 heavy (non-hydrogen) atoms. The molecule has 0 aliphatic carbocycles. The van der Waals surface area contributed by atoms with Gasteiger partial charge in [-0.15, -0.1) is 0 Å². The maximum Gasteiger partial charge on any atom is 0.333 e. The fourth-order valence-electron chi connectivity index (χ4n) is 2.65. The van der Waals surface area contributed by atoms with E-state index in [0.29, 0.717) is 23.5 Å². The molecule has 0 atom stereocenters. The van der Waals surface area contributed by atoms with Crippen LogP contribution in [0.2, 0.25) is 0 Å². The van der Waals surface area contributed by atoms with Crippen molar-refractivity contribution in [2.24, 2.45) is 0 Å². The molecule has 0 aromatic heterocycles. The van der Waals surface area contributed by atoms with E-state index in [0.717, 1.165) is 0 Å². The number of nitrogens with zero attached hydrogens (tertiary/aromatic N) is 1. The van der Waals surface area contributed by atoms with E-state index in [9.17, 15) is 14.4 Å². The second-order valence-corrected chi connectivity index (χ2v) is 8.03. The summed E-state index contributed by atoms with van der Waals surface area (Å²) in [6, 6.07) is 0. The van der Waals surface area contributed by atoms with Crippen molar-refractivity contribution in [3.8, 4) is 0 Å². The Morgan fingerprint density at radius 2 is 1.89 bits per heavy atom. The summed E-state index contributed by atoms with van der Waals surface area (Å²) in [5.74, 6) is -0.735. The average Bonchev–Trinajstić information content (AvgIpc) is 2.58. The van der Waals surface area contributed by atoms with Gasteiger partial charge in [-0.1, -0.05) is 6.58 Å². The molecule has 0 spiro atoms. The van der Waals surface area contributed by atoms with Gasteiger partial charge in [0.15, 0.2) is 5.60 Å². The molecule has 0 aromatic rings. The quantitative estimate of drug-likeness (QED) is 0.488. The first-order valence-electron chi connectivity index (χ1n) is 9.18. The predicted molar refractivity (Wildman–Crippen MR) is 105 cm³/mol. The lowest BCUT2D eigenvalue weighted by molar-refractivity contribution is -0.156. The molecule has 0 unspecified atom stereocenters. The molecule has 0 saturated carbocycles. The molecule has 1 amide bonds. The average molecular weight is 393 g/mol. The number of allylic oxidation sites excluding steroid dienone is 2. The van der Waals surface area contributed by atoms with Gasteiger partial charge >= 0.3 is 11.9 Å². The molecular weight excluding hydrogens is 362 g/mol. The Bertz CT molecular complexity index is 709. The first kappa shape index (κ1) is 23.5. The van der Waals surface area contributed by atoms with E-state index in [1.54, 1.807) is 41.5 Å². The van der Waals surface area contributed by atoms with E-state index in [1.165, 1.54) is 24.2 Å². The van der Waals surface area contributed by atoms with Gasteiger partial charge in [0.25, 0.3) is 5.91 Å². The normalized spacial score (nSPS) is 17.2. The summed E-state index contributed by atoms with van der Waals surface area (Å²) in [6.45, 7) is 14.3. The molecule has 0 aromatic carbocycles. The van der Waals surface area contributed by atoms with Crippen molar-refractivity contribution in [2.75, 3.05) is 13.7 Å². The van der Waals surface area contributed by atoms with Crippen LogP contribution in [0.4, 0.5) is 0 Å². The number of hydrogen-bond acceptors (Lipinski definition) is 6. The lowest BCUT2D eigenvalue weighted by Crippen LogP contribution is -2.50. The van der Waals surface area contributed by atoms with Crippen LogP contribution in [0.15, 0.2) is 35.8 Å². The summed E-state index contributed by atoms with van der Waals surface area (Å²) in [5.41, 5.74) is -0.933. The minimum atomic E-state index is -1.09. The zero-order chi connectivity index (χ0) is 21.7. The monoisotopic (exact) mass is 393 g/mol. The van der Waals surface area contributed by atoms with Gasteiger partial charge in [0.2, 0.25) is 0 Å². The summed E-state index contributed by atoms with van der Waals surface area (Å²) in [4.78, 5) is 38.2. The standard InChI is InChI=1S/C21H31NO6/c1-9-16-15(13-14(2)18(24)26-8)22(19(25)21(6,7)27-16)12-10-11-17(23)28-20(3,4)5/h9,13H,1,10-12H2,2-8H3/b14-13+. The third kappa shape index (κ3) is 6.25. The van der Waals surface area contributed by atoms with Gasteiger partial charge in [0.1, 0.15) is 11.4 Å². The van der Waals surface area contributed by atoms with Gasteiger partial charge in [-0.25, -0.2) is 4.79 Å². The van der Waals surface area contributed by atoms with E-state index in [4.69, 9.17) is 14.2 Å². The number of ether oxygens (including phenoxy) is 3. The number of amides is 1. The van der Waals surface area contributed by atoms with Crippen molar-refractivity contribution in [3.05, 3.63) is 35.8 Å². The lowest BCUT2D eigenvalue weighted by Gasteiger charge is -2.39. The van der Waals surface area contributed by atoms with Crippen molar-refractivity contribution >= 4 is 17.8 Å². The number of carbonyl (C=O) groups excluding carboxylic acids is 3. The summed E-state index contributed by atoms with van der Waals surface area (Å²) in [7, 11) is 1.28. The Morgan fingerprint density at radius 1 is 1.29 bits per heavy atom. The van der Waals surface area contributed by atoms with Crippen LogP contribution in [-0.4, -0.2) is 47.6 Å². The number of hydrogen-bond donors (Lipinski definition) is 0. The van der Waals surface area contributed by atoms with Crippen molar-refractivity contribution in [3.63, 3.8) is 0 Å². The van der Waals surface area contributed by atoms with Crippen molar-refractivity contribution in [1.82, 2.24) is 4.90 Å². The molecule has 1 aliphatic heterocycles. The van der Waals surface area contributed by atoms with Crippen LogP contribution in [0.1, 0.15) is 54.4 Å². The van der Waals surface area contributed by atoms with Gasteiger partial charge in [-0.2, -0.15) is 0 Å². The van der Waals surface area contributed by atoms with E-state index in [-0.39, 0.29) is 24.8 Å². The number of carbonyl (C=O) groups is 3. The van der Waals surface area contributed by atoms with E-state index in [1.807, 2.05) is 0 Å². The molecule has 1 rings (SSSR count). The minimum absolute atomic E-state index is 0.165. The van der Waals surface area contributed by atoms with Crippen molar-refractivity contribution < 1.29 is 28.6 Å². The summed E-state index contributed by atoms with van der Waals surface area (Å²) >= 11 is 0. The SMILES string of the molecule is C=CC1=C(/C=C(\C)C(=O)OC)N(CCCC(=O)OC(C)(C)C)C(=O)C(C)(C)O1. The maximum absolute atomic E-state index is 12.9. The molecule has 0 saturated heterocycles. The van der Waals surface area contributed by atoms with Crippen LogP contribution in [0.5, 0.6) is 0 Å². The van der Waals surface area contributed by atoms with Gasteiger partial charge in [-0.3, -0.25) is 9.59 Å². The Kier molecular flexibility index (Phi) is 7.61. The van der Waals surface area contributed by atoms with Crippen LogP contribution in [0.3, 0.4) is 0 Å². The fourth-order valence-corrected chi connectivity index (χ4v) is 2.65. The van der Waals surface area contributed by atoms with E-state index >= 15 is 0 Å². The smallest absolute Gasteiger partial charge is 0.333 e. The van der Waals surface area contributed by atoms with Gasteiger partial charge in [-0.05, 0) is 60.1 Å². The molecule has 0 fully saturated rings. The molecular formula is C21H31NO6. The van der Waals surface area contributed by atoms with E-state index < -0.39 is 17.2 Å². The Morgan fingerprint density at radius 3 is 2.39 bits per heavy atom. The van der Waals surface area contributed by atoms with Gasteiger partial charge in [0, 0.05) is 18.5 Å². The van der Waals surface area contributed by atoms with Crippen molar-refractivity contribution in [2.45, 2.75) is 65.6 Å². The predicted octanol–water partition coefficient (Wildman–Crippen LogP) is 3.26. The topological polar surface area (TPSA) is 82.1 Å².